The lowest BCUT2D eigenvalue weighted by Crippen LogP contribution is -2.07. The van der Waals surface area contributed by atoms with Gasteiger partial charge >= 0.3 is 0 Å². The molecule has 0 radical (unpaired) electrons. The highest BCUT2D eigenvalue weighted by Gasteiger charge is 2.07. The highest BCUT2D eigenvalue weighted by atomic mass is 19.1. The number of nitrogens with zero attached hydrogens (tertiary/aromatic N) is 2. The maximum absolute atomic E-state index is 13.7. The fraction of sp³-hybridized carbons (Fsp3) is 0.333. The second-order valence-electron chi connectivity index (χ2n) is 4.50. The smallest absolute Gasteiger partial charge is 0.224 e. The summed E-state index contributed by atoms with van der Waals surface area (Å²) in [6.45, 7) is 4.89. The molecule has 0 unspecified atom stereocenters. The third-order valence-electron chi connectivity index (χ3n) is 2.88. The van der Waals surface area contributed by atoms with Gasteiger partial charge in [0, 0.05) is 12.2 Å². The standard InChI is InChI=1S/C15H19FN4/c1-3-8-17-15-18-10-13(16)14(20-15)19-12-7-5-6-11(4-2)9-12/h5-7,9-10H,3-4,8H2,1-2H3,(H2,17,18,19,20). The predicted molar refractivity (Wildman–Crippen MR) is 79.9 cm³/mol. The lowest BCUT2D eigenvalue weighted by Gasteiger charge is -2.09. The van der Waals surface area contributed by atoms with E-state index in [9.17, 15) is 4.39 Å². The van der Waals surface area contributed by atoms with E-state index < -0.39 is 5.82 Å². The Labute approximate surface area is 118 Å². The number of rotatable bonds is 6. The van der Waals surface area contributed by atoms with E-state index in [1.54, 1.807) is 0 Å². The van der Waals surface area contributed by atoms with Crippen LogP contribution in [0.4, 0.5) is 21.8 Å². The maximum Gasteiger partial charge on any atom is 0.224 e. The quantitative estimate of drug-likeness (QED) is 0.842. The first-order chi connectivity index (χ1) is 9.72. The van der Waals surface area contributed by atoms with Crippen LogP contribution >= 0.6 is 0 Å². The number of hydrogen-bond donors (Lipinski definition) is 2. The SMILES string of the molecule is CCCNc1ncc(F)c(Nc2cccc(CC)c2)n1. The Bertz CT molecular complexity index is 572. The molecule has 2 aromatic rings. The second-order valence-corrected chi connectivity index (χ2v) is 4.50. The predicted octanol–water partition coefficient (Wildman–Crippen LogP) is 3.74. The zero-order valence-corrected chi connectivity index (χ0v) is 11.8. The Kier molecular flexibility index (Phi) is 4.87. The molecular formula is C15H19FN4. The van der Waals surface area contributed by atoms with Crippen LogP contribution in [0.25, 0.3) is 0 Å². The Morgan fingerprint density at radius 2 is 2.10 bits per heavy atom. The van der Waals surface area contributed by atoms with Crippen molar-refractivity contribution in [2.75, 3.05) is 17.2 Å². The van der Waals surface area contributed by atoms with Crippen LogP contribution in [0.15, 0.2) is 30.5 Å². The minimum absolute atomic E-state index is 0.187. The van der Waals surface area contributed by atoms with Gasteiger partial charge < -0.3 is 10.6 Å². The maximum atomic E-state index is 13.7. The second kappa shape index (κ2) is 6.84. The fourth-order valence-electron chi connectivity index (χ4n) is 1.78. The molecule has 0 saturated carbocycles. The van der Waals surface area contributed by atoms with Gasteiger partial charge in [0.1, 0.15) is 0 Å². The van der Waals surface area contributed by atoms with E-state index in [-0.39, 0.29) is 5.82 Å². The molecule has 0 atom stereocenters. The van der Waals surface area contributed by atoms with Crippen LogP contribution in [0.3, 0.4) is 0 Å². The molecule has 0 bridgehead atoms. The van der Waals surface area contributed by atoms with Crippen LogP contribution in [0.5, 0.6) is 0 Å². The molecule has 0 fully saturated rings. The number of benzene rings is 1. The topological polar surface area (TPSA) is 49.8 Å². The van der Waals surface area contributed by atoms with Crippen molar-refractivity contribution in [3.05, 3.63) is 41.8 Å². The fourth-order valence-corrected chi connectivity index (χ4v) is 1.78. The van der Waals surface area contributed by atoms with Gasteiger partial charge in [0.15, 0.2) is 11.6 Å². The molecule has 1 aromatic carbocycles. The molecule has 0 saturated heterocycles. The first-order valence-corrected chi connectivity index (χ1v) is 6.85. The van der Waals surface area contributed by atoms with Crippen molar-refractivity contribution in [1.82, 2.24) is 9.97 Å². The first kappa shape index (κ1) is 14.2. The van der Waals surface area contributed by atoms with Crippen LogP contribution in [0.2, 0.25) is 0 Å². The van der Waals surface area contributed by atoms with Gasteiger partial charge in [-0.15, -0.1) is 0 Å². The van der Waals surface area contributed by atoms with E-state index in [1.165, 1.54) is 11.8 Å². The number of anilines is 3. The van der Waals surface area contributed by atoms with Gasteiger partial charge in [-0.05, 0) is 30.5 Å². The van der Waals surface area contributed by atoms with Gasteiger partial charge in [-0.3, -0.25) is 0 Å². The van der Waals surface area contributed by atoms with Gasteiger partial charge in [-0.2, -0.15) is 4.98 Å². The summed E-state index contributed by atoms with van der Waals surface area (Å²) >= 11 is 0. The third-order valence-corrected chi connectivity index (χ3v) is 2.88. The van der Waals surface area contributed by atoms with Crippen LogP contribution < -0.4 is 10.6 Å². The van der Waals surface area contributed by atoms with E-state index in [4.69, 9.17) is 0 Å². The third kappa shape index (κ3) is 3.66. The van der Waals surface area contributed by atoms with E-state index in [0.717, 1.165) is 25.1 Å². The molecule has 1 heterocycles. The molecule has 1 aromatic heterocycles. The monoisotopic (exact) mass is 274 g/mol. The average Bonchev–Trinajstić information content (AvgIpc) is 2.48. The Morgan fingerprint density at radius 1 is 1.25 bits per heavy atom. The van der Waals surface area contributed by atoms with Crippen molar-refractivity contribution in [3.8, 4) is 0 Å². The molecule has 0 aliphatic rings. The van der Waals surface area contributed by atoms with Gasteiger partial charge in [0.25, 0.3) is 0 Å². The molecule has 0 aliphatic heterocycles. The molecule has 5 heteroatoms. The van der Waals surface area contributed by atoms with E-state index in [2.05, 4.69) is 27.5 Å². The van der Waals surface area contributed by atoms with Crippen molar-refractivity contribution >= 4 is 17.5 Å². The Hall–Kier alpha value is -2.17. The van der Waals surface area contributed by atoms with Crippen LogP contribution in [-0.2, 0) is 6.42 Å². The number of halogens is 1. The number of aryl methyl sites for hydroxylation is 1. The number of aromatic nitrogens is 2. The summed E-state index contributed by atoms with van der Waals surface area (Å²) in [4.78, 5) is 8.07. The molecule has 0 spiro atoms. The van der Waals surface area contributed by atoms with Crippen molar-refractivity contribution in [1.29, 1.82) is 0 Å². The summed E-state index contributed by atoms with van der Waals surface area (Å²) in [5.74, 6) is 0.156. The van der Waals surface area contributed by atoms with Crippen molar-refractivity contribution < 1.29 is 4.39 Å². The largest absolute Gasteiger partial charge is 0.354 e. The summed E-state index contributed by atoms with van der Waals surface area (Å²) in [6, 6.07) is 7.85. The van der Waals surface area contributed by atoms with Gasteiger partial charge in [-0.25, -0.2) is 9.37 Å². The zero-order valence-electron chi connectivity index (χ0n) is 11.8. The minimum Gasteiger partial charge on any atom is -0.354 e. The van der Waals surface area contributed by atoms with Crippen LogP contribution in [0, 0.1) is 5.82 Å². The van der Waals surface area contributed by atoms with Gasteiger partial charge in [0.05, 0.1) is 6.20 Å². The Morgan fingerprint density at radius 3 is 2.85 bits per heavy atom. The highest BCUT2D eigenvalue weighted by Crippen LogP contribution is 2.19. The van der Waals surface area contributed by atoms with Crippen molar-refractivity contribution in [2.45, 2.75) is 26.7 Å². The zero-order chi connectivity index (χ0) is 14.4. The summed E-state index contributed by atoms with van der Waals surface area (Å²) in [5.41, 5.74) is 2.01. The number of hydrogen-bond acceptors (Lipinski definition) is 4. The van der Waals surface area contributed by atoms with Gasteiger partial charge in [-0.1, -0.05) is 26.0 Å². The average molecular weight is 274 g/mol. The van der Waals surface area contributed by atoms with Crippen LogP contribution in [0.1, 0.15) is 25.8 Å². The number of nitrogens with one attached hydrogen (secondary N) is 2. The summed E-state index contributed by atoms with van der Waals surface area (Å²) < 4.78 is 13.7. The molecule has 0 amide bonds. The lowest BCUT2D eigenvalue weighted by atomic mass is 10.1. The first-order valence-electron chi connectivity index (χ1n) is 6.85. The molecule has 0 aliphatic carbocycles. The van der Waals surface area contributed by atoms with E-state index >= 15 is 0 Å². The van der Waals surface area contributed by atoms with Gasteiger partial charge in [0.2, 0.25) is 5.95 Å². The lowest BCUT2D eigenvalue weighted by molar-refractivity contribution is 0.619. The van der Waals surface area contributed by atoms with E-state index in [0.29, 0.717) is 5.95 Å². The normalized spacial score (nSPS) is 10.3. The highest BCUT2D eigenvalue weighted by molar-refractivity contribution is 5.58. The summed E-state index contributed by atoms with van der Waals surface area (Å²) in [7, 11) is 0. The molecular weight excluding hydrogens is 255 g/mol. The summed E-state index contributed by atoms with van der Waals surface area (Å²) in [6.07, 6.45) is 3.07. The molecule has 2 rings (SSSR count). The molecule has 4 nitrogen and oxygen atoms in total. The van der Waals surface area contributed by atoms with Crippen LogP contribution in [-0.4, -0.2) is 16.5 Å². The molecule has 20 heavy (non-hydrogen) atoms. The van der Waals surface area contributed by atoms with Crippen molar-refractivity contribution in [3.63, 3.8) is 0 Å². The minimum atomic E-state index is -0.464. The molecule has 106 valence electrons. The summed E-state index contributed by atoms with van der Waals surface area (Å²) in [5, 5.41) is 6.04. The molecule has 2 N–H and O–H groups in total. The van der Waals surface area contributed by atoms with Crippen molar-refractivity contribution in [2.24, 2.45) is 0 Å². The van der Waals surface area contributed by atoms with E-state index in [1.807, 2.05) is 31.2 Å². The Balaban J connectivity index is 2.18.